The molecular formula is C17H19Cl. The SMILES string of the molecule is Cc1cc(C)cc(C(Cl)c2cc(C)cc(C)c2)c1. The van der Waals surface area contributed by atoms with Gasteiger partial charge in [-0.2, -0.15) is 0 Å². The molecule has 0 aliphatic carbocycles. The predicted octanol–water partition coefficient (Wildman–Crippen LogP) is 5.25. The van der Waals surface area contributed by atoms with Crippen molar-refractivity contribution < 1.29 is 0 Å². The normalized spacial score (nSPS) is 11.0. The molecule has 94 valence electrons. The summed E-state index contributed by atoms with van der Waals surface area (Å²) in [7, 11) is 0. The molecule has 2 aromatic carbocycles. The van der Waals surface area contributed by atoms with Crippen LogP contribution < -0.4 is 0 Å². The molecule has 0 saturated heterocycles. The number of hydrogen-bond donors (Lipinski definition) is 0. The molecule has 0 radical (unpaired) electrons. The van der Waals surface area contributed by atoms with E-state index in [1.54, 1.807) is 0 Å². The highest BCUT2D eigenvalue weighted by atomic mass is 35.5. The maximum Gasteiger partial charge on any atom is 0.0835 e. The zero-order chi connectivity index (χ0) is 13.3. The molecule has 0 aliphatic heterocycles. The fraction of sp³-hybridized carbons (Fsp3) is 0.294. The molecule has 2 rings (SSSR count). The molecular weight excluding hydrogens is 240 g/mol. The van der Waals surface area contributed by atoms with Gasteiger partial charge in [0.1, 0.15) is 0 Å². The Labute approximate surface area is 115 Å². The lowest BCUT2D eigenvalue weighted by atomic mass is 9.98. The fourth-order valence-electron chi connectivity index (χ4n) is 2.50. The van der Waals surface area contributed by atoms with Crippen molar-refractivity contribution in [3.63, 3.8) is 0 Å². The van der Waals surface area contributed by atoms with Crippen LogP contribution in [0.25, 0.3) is 0 Å². The first-order valence-corrected chi connectivity index (χ1v) is 6.70. The molecule has 0 heterocycles. The Morgan fingerprint density at radius 3 is 1.17 bits per heavy atom. The minimum Gasteiger partial charge on any atom is -0.113 e. The minimum absolute atomic E-state index is 0.0674. The first-order valence-electron chi connectivity index (χ1n) is 6.26. The monoisotopic (exact) mass is 258 g/mol. The van der Waals surface area contributed by atoms with Gasteiger partial charge < -0.3 is 0 Å². The topological polar surface area (TPSA) is 0 Å². The third-order valence-corrected chi connectivity index (χ3v) is 3.58. The summed E-state index contributed by atoms with van der Waals surface area (Å²) in [6, 6.07) is 13.0. The van der Waals surface area contributed by atoms with E-state index in [1.165, 1.54) is 33.4 Å². The van der Waals surface area contributed by atoms with Crippen molar-refractivity contribution in [3.8, 4) is 0 Å². The molecule has 0 unspecified atom stereocenters. The summed E-state index contributed by atoms with van der Waals surface area (Å²) >= 11 is 6.62. The molecule has 0 spiro atoms. The van der Waals surface area contributed by atoms with Crippen molar-refractivity contribution in [1.29, 1.82) is 0 Å². The first-order chi connectivity index (χ1) is 8.45. The van der Waals surface area contributed by atoms with Crippen LogP contribution in [0.2, 0.25) is 0 Å². The van der Waals surface area contributed by atoms with Crippen molar-refractivity contribution in [2.75, 3.05) is 0 Å². The highest BCUT2D eigenvalue weighted by Gasteiger charge is 2.12. The second-order valence-corrected chi connectivity index (χ2v) is 5.64. The van der Waals surface area contributed by atoms with Gasteiger partial charge in [-0.15, -0.1) is 11.6 Å². The molecule has 0 fully saturated rings. The summed E-state index contributed by atoms with van der Waals surface area (Å²) < 4.78 is 0. The van der Waals surface area contributed by atoms with Crippen LogP contribution >= 0.6 is 11.6 Å². The first kappa shape index (κ1) is 13.2. The molecule has 1 heteroatoms. The van der Waals surface area contributed by atoms with Gasteiger partial charge in [0.05, 0.1) is 5.38 Å². The van der Waals surface area contributed by atoms with Gasteiger partial charge in [-0.1, -0.05) is 58.7 Å². The summed E-state index contributed by atoms with van der Waals surface area (Å²) in [4.78, 5) is 0. The van der Waals surface area contributed by atoms with E-state index >= 15 is 0 Å². The second kappa shape index (κ2) is 5.16. The van der Waals surface area contributed by atoms with Gasteiger partial charge in [0.2, 0.25) is 0 Å². The standard InChI is InChI=1S/C17H19Cl/c1-11-5-12(2)8-15(7-11)17(18)16-9-13(3)6-14(4)10-16/h5-10,17H,1-4H3. The summed E-state index contributed by atoms with van der Waals surface area (Å²) in [6.07, 6.45) is 0. The molecule has 0 bridgehead atoms. The maximum absolute atomic E-state index is 6.62. The Morgan fingerprint density at radius 1 is 0.611 bits per heavy atom. The van der Waals surface area contributed by atoms with E-state index in [1.807, 2.05) is 0 Å². The number of hydrogen-bond acceptors (Lipinski definition) is 0. The maximum atomic E-state index is 6.62. The van der Waals surface area contributed by atoms with Gasteiger partial charge in [-0.05, 0) is 38.8 Å². The number of aryl methyl sites for hydroxylation is 4. The average Bonchev–Trinajstić information content (AvgIpc) is 2.25. The van der Waals surface area contributed by atoms with Crippen molar-refractivity contribution in [3.05, 3.63) is 69.8 Å². The van der Waals surface area contributed by atoms with E-state index in [0.29, 0.717) is 0 Å². The van der Waals surface area contributed by atoms with Crippen LogP contribution in [-0.2, 0) is 0 Å². The van der Waals surface area contributed by atoms with Gasteiger partial charge in [-0.3, -0.25) is 0 Å². The van der Waals surface area contributed by atoms with Crippen LogP contribution in [0.4, 0.5) is 0 Å². The smallest absolute Gasteiger partial charge is 0.0835 e. The van der Waals surface area contributed by atoms with Crippen LogP contribution in [0, 0.1) is 27.7 Å². The van der Waals surface area contributed by atoms with Crippen molar-refractivity contribution in [2.45, 2.75) is 33.1 Å². The second-order valence-electron chi connectivity index (χ2n) is 5.20. The van der Waals surface area contributed by atoms with Crippen LogP contribution in [0.3, 0.4) is 0 Å². The quantitative estimate of drug-likeness (QED) is 0.646. The van der Waals surface area contributed by atoms with E-state index in [-0.39, 0.29) is 5.38 Å². The number of benzene rings is 2. The van der Waals surface area contributed by atoms with Crippen LogP contribution in [0.1, 0.15) is 38.8 Å². The molecule has 2 aromatic rings. The van der Waals surface area contributed by atoms with E-state index in [9.17, 15) is 0 Å². The largest absolute Gasteiger partial charge is 0.113 e. The Hall–Kier alpha value is -1.27. The van der Waals surface area contributed by atoms with E-state index in [4.69, 9.17) is 11.6 Å². The van der Waals surface area contributed by atoms with Gasteiger partial charge in [0.15, 0.2) is 0 Å². The average molecular weight is 259 g/mol. The van der Waals surface area contributed by atoms with E-state index in [0.717, 1.165) is 0 Å². The minimum atomic E-state index is -0.0674. The third kappa shape index (κ3) is 2.94. The van der Waals surface area contributed by atoms with Crippen molar-refractivity contribution in [2.24, 2.45) is 0 Å². The Morgan fingerprint density at radius 2 is 0.889 bits per heavy atom. The fourth-order valence-corrected chi connectivity index (χ4v) is 2.76. The molecule has 0 atom stereocenters. The number of rotatable bonds is 2. The van der Waals surface area contributed by atoms with E-state index in [2.05, 4.69) is 64.1 Å². The summed E-state index contributed by atoms with van der Waals surface area (Å²) in [5, 5.41) is -0.0674. The summed E-state index contributed by atoms with van der Waals surface area (Å²) in [5.74, 6) is 0. The molecule has 0 aliphatic rings. The Kier molecular flexibility index (Phi) is 3.77. The Bertz CT molecular complexity index is 478. The number of halogens is 1. The van der Waals surface area contributed by atoms with Crippen LogP contribution in [0.15, 0.2) is 36.4 Å². The molecule has 0 nitrogen and oxygen atoms in total. The molecule has 0 N–H and O–H groups in total. The molecule has 0 aromatic heterocycles. The lowest BCUT2D eigenvalue weighted by Gasteiger charge is -2.14. The molecule has 18 heavy (non-hydrogen) atoms. The van der Waals surface area contributed by atoms with Gasteiger partial charge in [0, 0.05) is 0 Å². The zero-order valence-corrected chi connectivity index (χ0v) is 12.2. The lowest BCUT2D eigenvalue weighted by Crippen LogP contribution is -1.96. The van der Waals surface area contributed by atoms with Gasteiger partial charge in [-0.25, -0.2) is 0 Å². The number of alkyl halides is 1. The zero-order valence-electron chi connectivity index (χ0n) is 11.4. The van der Waals surface area contributed by atoms with E-state index < -0.39 is 0 Å². The molecule has 0 amide bonds. The molecule has 0 saturated carbocycles. The highest BCUT2D eigenvalue weighted by Crippen LogP contribution is 2.31. The summed E-state index contributed by atoms with van der Waals surface area (Å²) in [6.45, 7) is 8.45. The van der Waals surface area contributed by atoms with Crippen LogP contribution in [0.5, 0.6) is 0 Å². The lowest BCUT2D eigenvalue weighted by molar-refractivity contribution is 1.11. The van der Waals surface area contributed by atoms with Crippen molar-refractivity contribution in [1.82, 2.24) is 0 Å². The highest BCUT2D eigenvalue weighted by molar-refractivity contribution is 6.22. The third-order valence-electron chi connectivity index (χ3n) is 3.07. The summed E-state index contributed by atoms with van der Waals surface area (Å²) in [5.41, 5.74) is 7.42. The van der Waals surface area contributed by atoms with Gasteiger partial charge >= 0.3 is 0 Å². The van der Waals surface area contributed by atoms with Crippen molar-refractivity contribution >= 4 is 11.6 Å². The van der Waals surface area contributed by atoms with Crippen LogP contribution in [-0.4, -0.2) is 0 Å². The Balaban J connectivity index is 2.43. The van der Waals surface area contributed by atoms with Gasteiger partial charge in [0.25, 0.3) is 0 Å². The predicted molar refractivity (Wildman–Crippen MR) is 79.5 cm³/mol.